The van der Waals surface area contributed by atoms with E-state index in [2.05, 4.69) is 30.3 Å². The van der Waals surface area contributed by atoms with Crippen LogP contribution in [-0.2, 0) is 0 Å². The maximum atomic E-state index is 8.53. The van der Waals surface area contributed by atoms with Crippen LogP contribution >= 0.6 is 0 Å². The first-order valence-corrected chi connectivity index (χ1v) is 5.60. The van der Waals surface area contributed by atoms with Gasteiger partial charge in [-0.2, -0.15) is 5.26 Å². The summed E-state index contributed by atoms with van der Waals surface area (Å²) in [5.74, 6) is 0. The molecule has 0 amide bonds. The van der Waals surface area contributed by atoms with E-state index < -0.39 is 0 Å². The summed E-state index contributed by atoms with van der Waals surface area (Å²) in [5.41, 5.74) is 3.54. The molecule has 0 aliphatic rings. The SMILES string of the molecule is N#CCC=Cc1ccccc1-c1ccccc1. The average molecular weight is 219 g/mol. The number of benzene rings is 2. The molecule has 0 aromatic heterocycles. The fourth-order valence-corrected chi connectivity index (χ4v) is 1.76. The molecule has 2 aromatic rings. The number of hydrogen-bond acceptors (Lipinski definition) is 1. The fraction of sp³-hybridized carbons (Fsp3) is 0.0625. The zero-order valence-electron chi connectivity index (χ0n) is 9.51. The van der Waals surface area contributed by atoms with Gasteiger partial charge in [0.1, 0.15) is 0 Å². The molecular weight excluding hydrogens is 206 g/mol. The highest BCUT2D eigenvalue weighted by Gasteiger charge is 2.00. The summed E-state index contributed by atoms with van der Waals surface area (Å²) in [6.07, 6.45) is 4.34. The second-order valence-corrected chi connectivity index (χ2v) is 3.72. The Kier molecular flexibility index (Phi) is 3.72. The Balaban J connectivity index is 2.38. The molecule has 0 N–H and O–H groups in total. The molecule has 0 radical (unpaired) electrons. The lowest BCUT2D eigenvalue weighted by Crippen LogP contribution is -1.81. The van der Waals surface area contributed by atoms with Crippen LogP contribution in [0.1, 0.15) is 12.0 Å². The minimum absolute atomic E-state index is 0.448. The molecule has 1 heteroatoms. The number of hydrogen-bond donors (Lipinski definition) is 0. The van der Waals surface area contributed by atoms with Crippen LogP contribution in [0.2, 0.25) is 0 Å². The Hall–Kier alpha value is -2.33. The third kappa shape index (κ3) is 2.83. The zero-order valence-corrected chi connectivity index (χ0v) is 9.51. The van der Waals surface area contributed by atoms with Crippen molar-refractivity contribution in [2.45, 2.75) is 6.42 Å². The van der Waals surface area contributed by atoms with E-state index in [0.29, 0.717) is 6.42 Å². The standard InChI is InChI=1S/C16H13N/c17-13-7-6-11-15-10-4-5-12-16(15)14-8-2-1-3-9-14/h1-6,8-12H,7H2. The lowest BCUT2D eigenvalue weighted by Gasteiger charge is -2.05. The lowest BCUT2D eigenvalue weighted by molar-refractivity contribution is 1.36. The molecule has 0 spiro atoms. The second-order valence-electron chi connectivity index (χ2n) is 3.72. The molecule has 0 fully saturated rings. The van der Waals surface area contributed by atoms with Crippen molar-refractivity contribution in [2.24, 2.45) is 0 Å². The van der Waals surface area contributed by atoms with E-state index in [1.165, 1.54) is 11.1 Å². The van der Waals surface area contributed by atoms with Crippen LogP contribution in [0.15, 0.2) is 60.7 Å². The van der Waals surface area contributed by atoms with Gasteiger partial charge in [-0.1, -0.05) is 66.7 Å². The lowest BCUT2D eigenvalue weighted by atomic mass is 9.99. The zero-order chi connectivity index (χ0) is 11.9. The molecule has 0 saturated carbocycles. The smallest absolute Gasteiger partial charge is 0.0663 e. The fourth-order valence-electron chi connectivity index (χ4n) is 1.76. The molecule has 1 nitrogen and oxygen atoms in total. The predicted molar refractivity (Wildman–Crippen MR) is 71.1 cm³/mol. The molecule has 17 heavy (non-hydrogen) atoms. The van der Waals surface area contributed by atoms with Crippen LogP contribution in [0.25, 0.3) is 17.2 Å². The van der Waals surface area contributed by atoms with Gasteiger partial charge < -0.3 is 0 Å². The van der Waals surface area contributed by atoms with Gasteiger partial charge in [0.25, 0.3) is 0 Å². The van der Waals surface area contributed by atoms with Crippen LogP contribution in [-0.4, -0.2) is 0 Å². The van der Waals surface area contributed by atoms with Crippen LogP contribution in [0.4, 0.5) is 0 Å². The van der Waals surface area contributed by atoms with E-state index in [-0.39, 0.29) is 0 Å². The summed E-state index contributed by atoms with van der Waals surface area (Å²) in [7, 11) is 0. The van der Waals surface area contributed by atoms with Crippen molar-refractivity contribution >= 4 is 6.08 Å². The third-order valence-electron chi connectivity index (χ3n) is 2.55. The van der Waals surface area contributed by atoms with Gasteiger partial charge in [-0.3, -0.25) is 0 Å². The van der Waals surface area contributed by atoms with E-state index in [1.807, 2.05) is 42.5 Å². The molecule has 0 unspecified atom stereocenters. The van der Waals surface area contributed by atoms with E-state index in [1.54, 1.807) is 0 Å². The summed E-state index contributed by atoms with van der Waals surface area (Å²) < 4.78 is 0. The van der Waals surface area contributed by atoms with Gasteiger partial charge in [0.2, 0.25) is 0 Å². The Morgan fingerprint density at radius 3 is 2.41 bits per heavy atom. The molecule has 2 aromatic carbocycles. The average Bonchev–Trinajstić information content (AvgIpc) is 2.41. The highest BCUT2D eigenvalue weighted by molar-refractivity contribution is 5.75. The second kappa shape index (κ2) is 5.67. The summed E-state index contributed by atoms with van der Waals surface area (Å²) >= 11 is 0. The minimum atomic E-state index is 0.448. The van der Waals surface area contributed by atoms with Crippen molar-refractivity contribution in [1.29, 1.82) is 5.26 Å². The van der Waals surface area contributed by atoms with Gasteiger partial charge in [-0.05, 0) is 16.7 Å². The Bertz CT molecular complexity index is 547. The van der Waals surface area contributed by atoms with Gasteiger partial charge in [-0.15, -0.1) is 0 Å². The first-order chi connectivity index (χ1) is 8.42. The molecule has 0 saturated heterocycles. The minimum Gasteiger partial charge on any atom is -0.198 e. The van der Waals surface area contributed by atoms with Crippen molar-refractivity contribution in [1.82, 2.24) is 0 Å². The number of nitrogens with zero attached hydrogens (tertiary/aromatic N) is 1. The van der Waals surface area contributed by atoms with E-state index in [9.17, 15) is 0 Å². The quantitative estimate of drug-likeness (QED) is 0.755. The van der Waals surface area contributed by atoms with E-state index in [4.69, 9.17) is 5.26 Å². The summed E-state index contributed by atoms with van der Waals surface area (Å²) in [5, 5.41) is 8.53. The monoisotopic (exact) mass is 219 g/mol. The van der Waals surface area contributed by atoms with Crippen LogP contribution in [0.5, 0.6) is 0 Å². The van der Waals surface area contributed by atoms with Crippen molar-refractivity contribution in [3.63, 3.8) is 0 Å². The Morgan fingerprint density at radius 1 is 0.941 bits per heavy atom. The van der Waals surface area contributed by atoms with Gasteiger partial charge >= 0.3 is 0 Å². The highest BCUT2D eigenvalue weighted by atomic mass is 14.2. The maximum Gasteiger partial charge on any atom is 0.0663 e. The van der Waals surface area contributed by atoms with Crippen LogP contribution < -0.4 is 0 Å². The third-order valence-corrected chi connectivity index (χ3v) is 2.55. The van der Waals surface area contributed by atoms with Gasteiger partial charge in [0, 0.05) is 0 Å². The highest BCUT2D eigenvalue weighted by Crippen LogP contribution is 2.24. The molecular formula is C16H13N. The van der Waals surface area contributed by atoms with Crippen molar-refractivity contribution in [3.05, 3.63) is 66.2 Å². The topological polar surface area (TPSA) is 23.8 Å². The van der Waals surface area contributed by atoms with Crippen LogP contribution in [0, 0.1) is 11.3 Å². The summed E-state index contributed by atoms with van der Waals surface area (Å²) in [4.78, 5) is 0. The Morgan fingerprint density at radius 2 is 1.65 bits per heavy atom. The number of rotatable bonds is 3. The molecule has 0 atom stereocenters. The van der Waals surface area contributed by atoms with Crippen LogP contribution in [0.3, 0.4) is 0 Å². The van der Waals surface area contributed by atoms with Gasteiger partial charge in [0.05, 0.1) is 12.5 Å². The molecule has 2 rings (SSSR count). The van der Waals surface area contributed by atoms with Crippen molar-refractivity contribution < 1.29 is 0 Å². The van der Waals surface area contributed by atoms with E-state index in [0.717, 1.165) is 5.56 Å². The summed E-state index contributed by atoms with van der Waals surface area (Å²) in [6, 6.07) is 20.6. The summed E-state index contributed by atoms with van der Waals surface area (Å²) in [6.45, 7) is 0. The normalized spacial score (nSPS) is 10.3. The molecule has 82 valence electrons. The first-order valence-electron chi connectivity index (χ1n) is 5.60. The molecule has 0 bridgehead atoms. The van der Waals surface area contributed by atoms with Gasteiger partial charge in [-0.25, -0.2) is 0 Å². The number of nitriles is 1. The predicted octanol–water partition coefficient (Wildman–Crippen LogP) is 4.28. The largest absolute Gasteiger partial charge is 0.198 e. The van der Waals surface area contributed by atoms with Crippen molar-refractivity contribution in [3.8, 4) is 17.2 Å². The Labute approximate surface area is 102 Å². The molecule has 0 heterocycles. The molecule has 0 aliphatic heterocycles. The number of allylic oxidation sites excluding steroid dienone is 1. The first kappa shape index (κ1) is 11.2. The maximum absolute atomic E-state index is 8.53. The molecule has 0 aliphatic carbocycles. The van der Waals surface area contributed by atoms with Gasteiger partial charge in [0.15, 0.2) is 0 Å². The van der Waals surface area contributed by atoms with Crippen molar-refractivity contribution in [2.75, 3.05) is 0 Å². The van der Waals surface area contributed by atoms with E-state index >= 15 is 0 Å².